The highest BCUT2D eigenvalue weighted by Gasteiger charge is 2.47. The molecule has 1 atom stereocenters. The van der Waals surface area contributed by atoms with Gasteiger partial charge in [0.2, 0.25) is 0 Å². The maximum absolute atomic E-state index is 15.8. The molecule has 5 nitrogen and oxygen atoms in total. The minimum Gasteiger partial charge on any atom is -0.377 e. The molecule has 41 heavy (non-hydrogen) atoms. The number of aryl methyl sites for hydroxylation is 1. The summed E-state index contributed by atoms with van der Waals surface area (Å²) in [6.45, 7) is 5.24. The first-order valence-corrected chi connectivity index (χ1v) is 16.7. The molecule has 1 N–H and O–H groups in total. The summed E-state index contributed by atoms with van der Waals surface area (Å²) in [5.41, 5.74) is 3.56. The topological polar surface area (TPSA) is 72.0 Å². The largest absolute Gasteiger partial charge is 0.377 e. The standard InChI is InChI=1S/C33H41F2N3O2S/c1-23-25-12-10-13-27(19-25)33(34,35)32(2,3)16-9-7-5-4-6-8-11-26-20-30-29(31(37-23)22-36-38-30)21-28(26)24-14-17-41(39,40)18-15-24/h7,9-10,12-13,19-24,37H,4-6,8,11,14-18H2,1-3H3/b9-7-/t23-/m1/s1. The molecular weight excluding hydrogens is 540 g/mol. The number of hydrogen-bond donors (Lipinski definition) is 1. The fourth-order valence-electron chi connectivity index (χ4n) is 6.17. The number of hydrogen-bond acceptors (Lipinski definition) is 5. The lowest BCUT2D eigenvalue weighted by Gasteiger charge is -2.34. The van der Waals surface area contributed by atoms with Gasteiger partial charge in [-0.25, -0.2) is 17.2 Å². The van der Waals surface area contributed by atoms with Gasteiger partial charge >= 0.3 is 0 Å². The van der Waals surface area contributed by atoms with Crippen LogP contribution < -0.4 is 5.32 Å². The molecule has 220 valence electrons. The molecule has 0 saturated carbocycles. The maximum atomic E-state index is 15.8. The predicted octanol–water partition coefficient (Wildman–Crippen LogP) is 8.28. The van der Waals surface area contributed by atoms with Gasteiger partial charge in [0.25, 0.3) is 5.92 Å². The van der Waals surface area contributed by atoms with Gasteiger partial charge in [0.05, 0.1) is 28.9 Å². The molecule has 3 aliphatic heterocycles. The van der Waals surface area contributed by atoms with Gasteiger partial charge in [-0.15, -0.1) is 0 Å². The van der Waals surface area contributed by atoms with Gasteiger partial charge in [-0.05, 0) is 92.7 Å². The lowest BCUT2D eigenvalue weighted by Crippen LogP contribution is -2.33. The molecular formula is C33H41F2N3O2S. The van der Waals surface area contributed by atoms with Crippen molar-refractivity contribution in [2.24, 2.45) is 5.41 Å². The zero-order chi connectivity index (χ0) is 29.3. The van der Waals surface area contributed by atoms with E-state index in [9.17, 15) is 8.42 Å². The van der Waals surface area contributed by atoms with Crippen LogP contribution in [0.4, 0.5) is 14.5 Å². The highest BCUT2D eigenvalue weighted by Crippen LogP contribution is 2.48. The van der Waals surface area contributed by atoms with Crippen LogP contribution in [0.1, 0.15) is 99.9 Å². The minimum atomic E-state index is -3.00. The maximum Gasteiger partial charge on any atom is 0.278 e. The summed E-state index contributed by atoms with van der Waals surface area (Å²) < 4.78 is 56.0. The third-order valence-electron chi connectivity index (χ3n) is 8.98. The van der Waals surface area contributed by atoms with Gasteiger partial charge in [0, 0.05) is 22.4 Å². The van der Waals surface area contributed by atoms with E-state index in [0.29, 0.717) is 19.3 Å². The van der Waals surface area contributed by atoms with Gasteiger partial charge in [-0.2, -0.15) is 10.2 Å². The number of aromatic nitrogens is 2. The van der Waals surface area contributed by atoms with Crippen molar-refractivity contribution < 1.29 is 17.2 Å². The van der Waals surface area contributed by atoms with Crippen LogP contribution in [0.5, 0.6) is 0 Å². The van der Waals surface area contributed by atoms with Gasteiger partial charge in [0.1, 0.15) is 9.84 Å². The molecule has 0 spiro atoms. The Hall–Kier alpha value is -2.87. The van der Waals surface area contributed by atoms with Crippen LogP contribution in [0.15, 0.2) is 54.7 Å². The number of allylic oxidation sites excluding steroid dienone is 2. The second-order valence-electron chi connectivity index (χ2n) is 12.5. The van der Waals surface area contributed by atoms with Gasteiger partial charge in [0.15, 0.2) is 0 Å². The molecule has 4 heterocycles. The molecule has 3 aromatic rings. The van der Waals surface area contributed by atoms with E-state index in [1.807, 2.05) is 25.1 Å². The van der Waals surface area contributed by atoms with Crippen molar-refractivity contribution in [3.05, 3.63) is 77.0 Å². The van der Waals surface area contributed by atoms with E-state index >= 15 is 8.78 Å². The van der Waals surface area contributed by atoms with Crippen LogP contribution >= 0.6 is 0 Å². The molecule has 0 amide bonds. The van der Waals surface area contributed by atoms with E-state index < -0.39 is 21.2 Å². The summed E-state index contributed by atoms with van der Waals surface area (Å²) >= 11 is 0. The first-order chi connectivity index (χ1) is 19.5. The Morgan fingerprint density at radius 1 is 1.00 bits per heavy atom. The lowest BCUT2D eigenvalue weighted by molar-refractivity contribution is -0.112. The zero-order valence-electron chi connectivity index (χ0n) is 24.3. The highest BCUT2D eigenvalue weighted by molar-refractivity contribution is 7.91. The molecule has 6 rings (SSSR count). The third-order valence-corrected chi connectivity index (χ3v) is 10.7. The summed E-state index contributed by atoms with van der Waals surface area (Å²) in [5, 5.41) is 13.1. The molecule has 0 radical (unpaired) electrons. The Balaban J connectivity index is 1.56. The molecule has 0 aliphatic carbocycles. The molecule has 1 fully saturated rings. The summed E-state index contributed by atoms with van der Waals surface area (Å²) in [7, 11) is -2.97. The average molecular weight is 582 g/mol. The van der Waals surface area contributed by atoms with Crippen molar-refractivity contribution in [2.45, 2.75) is 90.0 Å². The fraction of sp³-hybridized carbons (Fsp3) is 0.515. The predicted molar refractivity (Wildman–Crippen MR) is 162 cm³/mol. The van der Waals surface area contributed by atoms with E-state index in [0.717, 1.165) is 54.3 Å². The Labute approximate surface area is 242 Å². The normalized spacial score (nSPS) is 24.1. The van der Waals surface area contributed by atoms with Crippen molar-refractivity contribution in [3.63, 3.8) is 0 Å². The molecule has 1 saturated heterocycles. The van der Waals surface area contributed by atoms with Crippen molar-refractivity contribution in [2.75, 3.05) is 16.8 Å². The smallest absolute Gasteiger partial charge is 0.278 e. The van der Waals surface area contributed by atoms with Crippen molar-refractivity contribution in [1.82, 2.24) is 10.2 Å². The molecule has 8 heteroatoms. The van der Waals surface area contributed by atoms with Crippen LogP contribution in [0.2, 0.25) is 0 Å². The Morgan fingerprint density at radius 2 is 1.78 bits per heavy atom. The number of nitrogens with one attached hydrogen (secondary N) is 1. The van der Waals surface area contributed by atoms with E-state index in [1.54, 1.807) is 32.2 Å². The average Bonchev–Trinajstić information content (AvgIpc) is 2.94. The number of benzene rings is 2. The second-order valence-corrected chi connectivity index (χ2v) is 14.8. The molecule has 2 aromatic carbocycles. The van der Waals surface area contributed by atoms with E-state index in [-0.39, 0.29) is 29.0 Å². The number of alkyl halides is 2. The molecule has 0 unspecified atom stereocenters. The molecule has 1 aromatic heterocycles. The van der Waals surface area contributed by atoms with Crippen LogP contribution in [0, 0.1) is 5.41 Å². The summed E-state index contributed by atoms with van der Waals surface area (Å²) in [6, 6.07) is 10.8. The summed E-state index contributed by atoms with van der Waals surface area (Å²) in [6.07, 6.45) is 12.0. The number of anilines is 1. The molecule has 3 aliphatic rings. The van der Waals surface area contributed by atoms with Crippen molar-refractivity contribution >= 4 is 26.4 Å². The quantitative estimate of drug-likeness (QED) is 0.293. The first kappa shape index (κ1) is 29.6. The summed E-state index contributed by atoms with van der Waals surface area (Å²) in [4.78, 5) is 0. The Bertz CT molecular complexity index is 1520. The third kappa shape index (κ3) is 6.47. The molecule has 6 bridgehead atoms. The fourth-order valence-corrected chi connectivity index (χ4v) is 7.66. The SMILES string of the molecule is C[C@H]1Nc2cnnc3cc(c(C4CCS(=O)(=O)CC4)cc23)CCCCC/C=C\CC(C)(C)C(F)(F)c2cccc1c2. The van der Waals surface area contributed by atoms with Gasteiger partial charge in [-0.3, -0.25) is 0 Å². The number of fused-ring (bicyclic) bond motifs is 10. The summed E-state index contributed by atoms with van der Waals surface area (Å²) in [5.74, 6) is -2.39. The van der Waals surface area contributed by atoms with Crippen molar-refractivity contribution in [1.29, 1.82) is 0 Å². The number of sulfone groups is 1. The monoisotopic (exact) mass is 581 g/mol. The van der Waals surface area contributed by atoms with Gasteiger partial charge < -0.3 is 5.32 Å². The van der Waals surface area contributed by atoms with Crippen LogP contribution in [-0.2, 0) is 22.2 Å². The van der Waals surface area contributed by atoms with Gasteiger partial charge in [-0.1, -0.05) is 50.6 Å². The lowest BCUT2D eigenvalue weighted by atomic mass is 9.78. The Morgan fingerprint density at radius 3 is 2.56 bits per heavy atom. The van der Waals surface area contributed by atoms with E-state index in [4.69, 9.17) is 0 Å². The minimum absolute atomic E-state index is 0.0216. The van der Waals surface area contributed by atoms with Crippen molar-refractivity contribution in [3.8, 4) is 0 Å². The zero-order valence-corrected chi connectivity index (χ0v) is 25.1. The second kappa shape index (κ2) is 11.8. The van der Waals surface area contributed by atoms with Crippen LogP contribution in [0.3, 0.4) is 0 Å². The first-order valence-electron chi connectivity index (χ1n) is 14.9. The number of nitrogens with zero attached hydrogens (tertiary/aromatic N) is 2. The van der Waals surface area contributed by atoms with Crippen LogP contribution in [-0.4, -0.2) is 30.1 Å². The van der Waals surface area contributed by atoms with E-state index in [1.165, 1.54) is 17.2 Å². The number of rotatable bonds is 1. The van der Waals surface area contributed by atoms with Crippen LogP contribution in [0.25, 0.3) is 10.9 Å². The Kier molecular flexibility index (Phi) is 8.51. The number of halogens is 2. The van der Waals surface area contributed by atoms with E-state index in [2.05, 4.69) is 27.6 Å². The highest BCUT2D eigenvalue weighted by atomic mass is 32.2.